The van der Waals surface area contributed by atoms with Gasteiger partial charge >= 0.3 is 0 Å². The largest absolute Gasteiger partial charge is 0.506 e. The highest BCUT2D eigenvalue weighted by Gasteiger charge is 2.11. The van der Waals surface area contributed by atoms with Crippen LogP contribution in [0.2, 0.25) is 0 Å². The maximum atomic E-state index is 12.0. The molecule has 0 aromatic heterocycles. The van der Waals surface area contributed by atoms with Gasteiger partial charge < -0.3 is 20.7 Å². The van der Waals surface area contributed by atoms with Gasteiger partial charge in [-0.25, -0.2) is 4.21 Å². The van der Waals surface area contributed by atoms with Crippen LogP contribution in [0.3, 0.4) is 0 Å². The summed E-state index contributed by atoms with van der Waals surface area (Å²) in [6.45, 7) is 0. The topological polar surface area (TPSA) is 113 Å². The van der Waals surface area contributed by atoms with Gasteiger partial charge in [-0.15, -0.1) is 0 Å². The first kappa shape index (κ1) is 14.0. The number of phenols is 1. The summed E-state index contributed by atoms with van der Waals surface area (Å²) in [4.78, 5) is 12.0. The van der Waals surface area contributed by atoms with E-state index in [1.807, 2.05) is 0 Å². The molecule has 0 aliphatic heterocycles. The van der Waals surface area contributed by atoms with Gasteiger partial charge in [0.2, 0.25) is 0 Å². The summed E-state index contributed by atoms with van der Waals surface area (Å²) in [7, 11) is 0. The number of amides is 1. The molecule has 6 nitrogen and oxygen atoms in total. The van der Waals surface area contributed by atoms with E-state index in [2.05, 4.69) is 5.32 Å². The maximum absolute atomic E-state index is 12.0. The van der Waals surface area contributed by atoms with Crippen LogP contribution in [0.4, 0.5) is 11.4 Å². The smallest absolute Gasteiger partial charge is 0.255 e. The fourth-order valence-electron chi connectivity index (χ4n) is 1.55. The van der Waals surface area contributed by atoms with E-state index in [9.17, 15) is 14.1 Å². The Morgan fingerprint density at radius 3 is 2.40 bits per heavy atom. The Kier molecular flexibility index (Phi) is 4.02. The molecule has 0 saturated heterocycles. The first-order chi connectivity index (χ1) is 9.47. The molecule has 7 heteroatoms. The molecule has 1 amide bonds. The fourth-order valence-corrected chi connectivity index (χ4v) is 1.96. The number of nitrogen functional groups attached to an aromatic ring is 1. The molecule has 2 aromatic carbocycles. The fraction of sp³-hybridized carbons (Fsp3) is 0. The minimum absolute atomic E-state index is 0.0618. The Labute approximate surface area is 117 Å². The quantitative estimate of drug-likeness (QED) is 0.391. The maximum Gasteiger partial charge on any atom is 0.255 e. The summed E-state index contributed by atoms with van der Waals surface area (Å²) >= 11 is -2.19. The van der Waals surface area contributed by atoms with Crippen LogP contribution in [0.15, 0.2) is 47.4 Å². The van der Waals surface area contributed by atoms with E-state index in [1.165, 1.54) is 30.3 Å². The Hall–Kier alpha value is -2.38. The Balaban J connectivity index is 2.25. The zero-order valence-electron chi connectivity index (χ0n) is 10.2. The number of phenolic OH excluding ortho intramolecular Hbond substituents is 1. The Morgan fingerprint density at radius 1 is 1.15 bits per heavy atom. The minimum Gasteiger partial charge on any atom is -0.506 e. The third-order valence-corrected chi connectivity index (χ3v) is 3.25. The van der Waals surface area contributed by atoms with E-state index in [0.29, 0.717) is 11.3 Å². The number of rotatable bonds is 3. The van der Waals surface area contributed by atoms with E-state index in [0.717, 1.165) is 0 Å². The molecule has 2 aromatic rings. The highest BCUT2D eigenvalue weighted by Crippen LogP contribution is 2.26. The molecule has 104 valence electrons. The second kappa shape index (κ2) is 5.72. The van der Waals surface area contributed by atoms with Crippen LogP contribution >= 0.6 is 0 Å². The van der Waals surface area contributed by atoms with Gasteiger partial charge in [0.15, 0.2) is 11.1 Å². The Bertz CT molecular complexity index is 671. The van der Waals surface area contributed by atoms with Crippen molar-refractivity contribution in [2.45, 2.75) is 4.90 Å². The Morgan fingerprint density at radius 2 is 1.80 bits per heavy atom. The molecule has 0 fully saturated rings. The first-order valence-corrected chi connectivity index (χ1v) is 6.69. The minimum atomic E-state index is -2.19. The van der Waals surface area contributed by atoms with Gasteiger partial charge in [-0.1, -0.05) is 0 Å². The van der Waals surface area contributed by atoms with Crippen LogP contribution in [0.5, 0.6) is 5.75 Å². The normalized spacial score (nSPS) is 11.8. The number of anilines is 2. The summed E-state index contributed by atoms with van der Waals surface area (Å²) in [5, 5.41) is 12.1. The third kappa shape index (κ3) is 3.14. The summed E-state index contributed by atoms with van der Waals surface area (Å²) in [6, 6.07) is 10.0. The predicted molar refractivity (Wildman–Crippen MR) is 76.0 cm³/mol. The molecule has 2 rings (SSSR count). The van der Waals surface area contributed by atoms with Crippen molar-refractivity contribution in [3.8, 4) is 5.75 Å². The van der Waals surface area contributed by atoms with Gasteiger partial charge in [-0.05, 0) is 42.5 Å². The first-order valence-electron chi connectivity index (χ1n) is 5.58. The van der Waals surface area contributed by atoms with Crippen molar-refractivity contribution in [1.29, 1.82) is 0 Å². The standard InChI is InChI=1S/C13H12N2O4S/c14-9-3-1-8(2-4-9)13(17)15-11-7-10(20(18)19)5-6-12(11)16/h1-7,16H,14H2,(H,15,17)(H,18,19). The molecule has 1 unspecified atom stereocenters. The zero-order chi connectivity index (χ0) is 14.7. The monoisotopic (exact) mass is 292 g/mol. The summed E-state index contributed by atoms with van der Waals surface area (Å²) in [6.07, 6.45) is 0. The lowest BCUT2D eigenvalue weighted by Gasteiger charge is -2.08. The molecule has 5 N–H and O–H groups in total. The molecule has 0 radical (unpaired) electrons. The molecule has 1 atom stereocenters. The van der Waals surface area contributed by atoms with Gasteiger partial charge in [0.25, 0.3) is 5.91 Å². The van der Waals surface area contributed by atoms with Crippen LogP contribution in [0, 0.1) is 0 Å². The van der Waals surface area contributed by atoms with Crippen molar-refractivity contribution in [3.63, 3.8) is 0 Å². The van der Waals surface area contributed by atoms with Crippen LogP contribution < -0.4 is 11.1 Å². The molecule has 0 bridgehead atoms. The molecule has 0 aliphatic carbocycles. The van der Waals surface area contributed by atoms with E-state index in [4.69, 9.17) is 10.3 Å². The van der Waals surface area contributed by atoms with Crippen molar-refractivity contribution in [3.05, 3.63) is 48.0 Å². The second-order valence-electron chi connectivity index (χ2n) is 4.00. The van der Waals surface area contributed by atoms with E-state index >= 15 is 0 Å². The van der Waals surface area contributed by atoms with Gasteiger partial charge in [-0.3, -0.25) is 4.79 Å². The summed E-state index contributed by atoms with van der Waals surface area (Å²) in [5.41, 5.74) is 6.47. The number of aromatic hydroxyl groups is 1. The number of benzene rings is 2. The lowest BCUT2D eigenvalue weighted by molar-refractivity contribution is 0.102. The number of carbonyl (C=O) groups excluding carboxylic acids is 1. The molecular weight excluding hydrogens is 280 g/mol. The van der Waals surface area contributed by atoms with Crippen LogP contribution in [-0.2, 0) is 11.1 Å². The molecule has 0 saturated carbocycles. The molecule has 0 heterocycles. The highest BCUT2D eigenvalue weighted by molar-refractivity contribution is 7.79. The molecule has 20 heavy (non-hydrogen) atoms. The predicted octanol–water partition coefficient (Wildman–Crippen LogP) is 1.81. The molecule has 0 aliphatic rings. The van der Waals surface area contributed by atoms with E-state index in [1.54, 1.807) is 12.1 Å². The third-order valence-electron chi connectivity index (χ3n) is 2.59. The number of nitrogens with two attached hydrogens (primary N) is 1. The number of hydrogen-bond donors (Lipinski definition) is 4. The van der Waals surface area contributed by atoms with Crippen molar-refractivity contribution >= 4 is 28.4 Å². The second-order valence-corrected chi connectivity index (χ2v) is 4.97. The van der Waals surface area contributed by atoms with Crippen molar-refractivity contribution in [1.82, 2.24) is 0 Å². The van der Waals surface area contributed by atoms with Crippen molar-refractivity contribution in [2.24, 2.45) is 0 Å². The van der Waals surface area contributed by atoms with E-state index in [-0.39, 0.29) is 16.3 Å². The molecular formula is C13H12N2O4S. The van der Waals surface area contributed by atoms with Gasteiger partial charge in [-0.2, -0.15) is 0 Å². The average Bonchev–Trinajstić information content (AvgIpc) is 2.41. The summed E-state index contributed by atoms with van der Waals surface area (Å²) in [5.74, 6) is -0.649. The average molecular weight is 292 g/mol. The number of carbonyl (C=O) groups is 1. The van der Waals surface area contributed by atoms with Crippen LogP contribution in [-0.4, -0.2) is 19.8 Å². The van der Waals surface area contributed by atoms with Crippen LogP contribution in [0.25, 0.3) is 0 Å². The summed E-state index contributed by atoms with van der Waals surface area (Å²) < 4.78 is 19.9. The zero-order valence-corrected chi connectivity index (χ0v) is 11.1. The van der Waals surface area contributed by atoms with Crippen molar-refractivity contribution in [2.75, 3.05) is 11.1 Å². The van der Waals surface area contributed by atoms with Crippen LogP contribution in [0.1, 0.15) is 10.4 Å². The lowest BCUT2D eigenvalue weighted by atomic mass is 10.2. The number of hydrogen-bond acceptors (Lipinski definition) is 4. The molecule has 0 spiro atoms. The SMILES string of the molecule is Nc1ccc(C(=O)Nc2cc(S(=O)O)ccc2O)cc1. The van der Waals surface area contributed by atoms with Crippen molar-refractivity contribution < 1.29 is 18.7 Å². The van der Waals surface area contributed by atoms with Gasteiger partial charge in [0, 0.05) is 11.3 Å². The van der Waals surface area contributed by atoms with Gasteiger partial charge in [0.1, 0.15) is 5.75 Å². The van der Waals surface area contributed by atoms with E-state index < -0.39 is 17.0 Å². The van der Waals surface area contributed by atoms with Gasteiger partial charge in [0.05, 0.1) is 10.6 Å². The lowest BCUT2D eigenvalue weighted by Crippen LogP contribution is -2.12. The number of nitrogens with one attached hydrogen (secondary N) is 1. The highest BCUT2D eigenvalue weighted by atomic mass is 32.2.